The lowest BCUT2D eigenvalue weighted by Crippen LogP contribution is -2.35. The molecule has 0 bridgehead atoms. The van der Waals surface area contributed by atoms with Crippen LogP contribution in [0.15, 0.2) is 18.3 Å². The molecular formula is C11H15N3O. The maximum Gasteiger partial charge on any atom is 0.241 e. The molecule has 4 nitrogen and oxygen atoms in total. The van der Waals surface area contributed by atoms with Crippen LogP contribution in [0.3, 0.4) is 0 Å². The summed E-state index contributed by atoms with van der Waals surface area (Å²) in [4.78, 5) is 15.8. The van der Waals surface area contributed by atoms with Crippen LogP contribution >= 0.6 is 0 Å². The standard InChI is InChI=1S/C11H15N3O/c1-8-4-5-9(7-13-8)14-11(15)10-3-2-6-12-10/h4-5,7,10,12H,2-3,6H2,1H3,(H,14,15). The predicted molar refractivity (Wildman–Crippen MR) is 58.6 cm³/mol. The fourth-order valence-corrected chi connectivity index (χ4v) is 1.68. The molecule has 0 aromatic carbocycles. The summed E-state index contributed by atoms with van der Waals surface area (Å²) in [6.45, 7) is 2.86. The number of nitrogens with zero attached hydrogens (tertiary/aromatic N) is 1. The van der Waals surface area contributed by atoms with Crippen molar-refractivity contribution in [1.82, 2.24) is 10.3 Å². The molecule has 1 fully saturated rings. The topological polar surface area (TPSA) is 54.0 Å². The molecule has 0 aliphatic carbocycles. The number of amides is 1. The molecular weight excluding hydrogens is 190 g/mol. The van der Waals surface area contributed by atoms with Crippen molar-refractivity contribution in [2.24, 2.45) is 0 Å². The van der Waals surface area contributed by atoms with Crippen molar-refractivity contribution in [3.05, 3.63) is 24.0 Å². The van der Waals surface area contributed by atoms with Gasteiger partial charge in [0.1, 0.15) is 0 Å². The Labute approximate surface area is 89.1 Å². The molecule has 4 heteroatoms. The summed E-state index contributed by atoms with van der Waals surface area (Å²) >= 11 is 0. The second-order valence-electron chi connectivity index (χ2n) is 3.83. The monoisotopic (exact) mass is 205 g/mol. The van der Waals surface area contributed by atoms with E-state index in [9.17, 15) is 4.79 Å². The summed E-state index contributed by atoms with van der Waals surface area (Å²) in [7, 11) is 0. The zero-order chi connectivity index (χ0) is 10.7. The van der Waals surface area contributed by atoms with Crippen molar-refractivity contribution in [1.29, 1.82) is 0 Å². The van der Waals surface area contributed by atoms with Crippen LogP contribution in [0, 0.1) is 6.92 Å². The average Bonchev–Trinajstić information content (AvgIpc) is 2.74. The summed E-state index contributed by atoms with van der Waals surface area (Å²) < 4.78 is 0. The normalized spacial score (nSPS) is 20.2. The zero-order valence-corrected chi connectivity index (χ0v) is 8.79. The molecule has 1 aromatic heterocycles. The molecule has 1 atom stereocenters. The molecule has 1 aromatic rings. The Bertz CT molecular complexity index is 341. The highest BCUT2D eigenvalue weighted by Crippen LogP contribution is 2.10. The van der Waals surface area contributed by atoms with E-state index in [4.69, 9.17) is 0 Å². The molecule has 0 saturated carbocycles. The number of aryl methyl sites for hydroxylation is 1. The largest absolute Gasteiger partial charge is 0.323 e. The molecule has 80 valence electrons. The van der Waals surface area contributed by atoms with Crippen LogP contribution in [0.25, 0.3) is 0 Å². The Hall–Kier alpha value is -1.42. The molecule has 2 heterocycles. The Morgan fingerprint density at radius 1 is 1.60 bits per heavy atom. The lowest BCUT2D eigenvalue weighted by atomic mass is 10.2. The second kappa shape index (κ2) is 4.40. The van der Waals surface area contributed by atoms with Gasteiger partial charge in [-0.3, -0.25) is 9.78 Å². The Balaban J connectivity index is 1.96. The highest BCUT2D eigenvalue weighted by molar-refractivity contribution is 5.94. The van der Waals surface area contributed by atoms with E-state index >= 15 is 0 Å². The Kier molecular flexibility index (Phi) is 2.97. The van der Waals surface area contributed by atoms with Gasteiger partial charge < -0.3 is 10.6 Å². The van der Waals surface area contributed by atoms with E-state index in [0.29, 0.717) is 0 Å². The third-order valence-electron chi connectivity index (χ3n) is 2.56. The van der Waals surface area contributed by atoms with E-state index in [-0.39, 0.29) is 11.9 Å². The van der Waals surface area contributed by atoms with Crippen molar-refractivity contribution < 1.29 is 4.79 Å². The summed E-state index contributed by atoms with van der Waals surface area (Å²) in [5.41, 5.74) is 1.71. The van der Waals surface area contributed by atoms with Gasteiger partial charge in [-0.15, -0.1) is 0 Å². The molecule has 0 spiro atoms. The molecule has 1 saturated heterocycles. The van der Waals surface area contributed by atoms with Gasteiger partial charge in [0.15, 0.2) is 0 Å². The summed E-state index contributed by atoms with van der Waals surface area (Å²) in [5.74, 6) is 0.0400. The minimum atomic E-state index is -0.0358. The quantitative estimate of drug-likeness (QED) is 0.759. The first-order valence-corrected chi connectivity index (χ1v) is 5.22. The molecule has 1 aliphatic rings. The van der Waals surface area contributed by atoms with Crippen LogP contribution in [-0.2, 0) is 4.79 Å². The highest BCUT2D eigenvalue weighted by Gasteiger charge is 2.21. The summed E-state index contributed by atoms with van der Waals surface area (Å²) in [6.07, 6.45) is 3.68. The molecule has 1 aliphatic heterocycles. The van der Waals surface area contributed by atoms with Gasteiger partial charge in [0.25, 0.3) is 0 Å². The highest BCUT2D eigenvalue weighted by atomic mass is 16.2. The Morgan fingerprint density at radius 2 is 2.47 bits per heavy atom. The van der Waals surface area contributed by atoms with Gasteiger partial charge in [-0.05, 0) is 38.4 Å². The van der Waals surface area contributed by atoms with Gasteiger partial charge >= 0.3 is 0 Å². The fraction of sp³-hybridized carbons (Fsp3) is 0.455. The van der Waals surface area contributed by atoms with Gasteiger partial charge in [0.2, 0.25) is 5.91 Å². The van der Waals surface area contributed by atoms with Crippen molar-refractivity contribution >= 4 is 11.6 Å². The molecule has 2 rings (SSSR count). The number of hydrogen-bond acceptors (Lipinski definition) is 3. The number of carbonyl (C=O) groups is 1. The molecule has 1 amide bonds. The van der Waals surface area contributed by atoms with Crippen molar-refractivity contribution in [2.75, 3.05) is 11.9 Å². The number of hydrogen-bond donors (Lipinski definition) is 2. The number of anilines is 1. The van der Waals surface area contributed by atoms with Crippen molar-refractivity contribution in [3.8, 4) is 0 Å². The lowest BCUT2D eigenvalue weighted by Gasteiger charge is -2.10. The van der Waals surface area contributed by atoms with E-state index in [1.807, 2.05) is 19.1 Å². The average molecular weight is 205 g/mol. The van der Waals surface area contributed by atoms with Crippen molar-refractivity contribution in [2.45, 2.75) is 25.8 Å². The molecule has 15 heavy (non-hydrogen) atoms. The summed E-state index contributed by atoms with van der Waals surface area (Å²) in [5, 5.41) is 6.00. The van der Waals surface area contributed by atoms with E-state index in [0.717, 1.165) is 30.8 Å². The van der Waals surface area contributed by atoms with E-state index < -0.39 is 0 Å². The third-order valence-corrected chi connectivity index (χ3v) is 2.56. The third kappa shape index (κ3) is 2.53. The van der Waals surface area contributed by atoms with Gasteiger partial charge in [-0.25, -0.2) is 0 Å². The smallest absolute Gasteiger partial charge is 0.241 e. The SMILES string of the molecule is Cc1ccc(NC(=O)C2CCCN2)cn1. The van der Waals surface area contributed by atoms with Crippen LogP contribution in [0.1, 0.15) is 18.5 Å². The van der Waals surface area contributed by atoms with Crippen molar-refractivity contribution in [3.63, 3.8) is 0 Å². The number of pyridine rings is 1. The number of rotatable bonds is 2. The van der Waals surface area contributed by atoms with Crippen LogP contribution in [0.2, 0.25) is 0 Å². The van der Waals surface area contributed by atoms with Gasteiger partial charge in [-0.2, -0.15) is 0 Å². The van der Waals surface area contributed by atoms with Crippen LogP contribution < -0.4 is 10.6 Å². The minimum absolute atomic E-state index is 0.0358. The zero-order valence-electron chi connectivity index (χ0n) is 8.79. The number of nitrogens with one attached hydrogen (secondary N) is 2. The maximum atomic E-state index is 11.7. The lowest BCUT2D eigenvalue weighted by molar-refractivity contribution is -0.117. The number of aromatic nitrogens is 1. The fourth-order valence-electron chi connectivity index (χ4n) is 1.68. The van der Waals surface area contributed by atoms with Crippen LogP contribution in [0.5, 0.6) is 0 Å². The van der Waals surface area contributed by atoms with Crippen LogP contribution in [-0.4, -0.2) is 23.5 Å². The van der Waals surface area contributed by atoms with E-state index in [2.05, 4.69) is 15.6 Å². The predicted octanol–water partition coefficient (Wildman–Crippen LogP) is 1.08. The molecule has 1 unspecified atom stereocenters. The molecule has 2 N–H and O–H groups in total. The molecule has 0 radical (unpaired) electrons. The first kappa shape index (κ1) is 10.1. The van der Waals surface area contributed by atoms with Gasteiger partial charge in [-0.1, -0.05) is 0 Å². The Morgan fingerprint density at radius 3 is 3.07 bits per heavy atom. The van der Waals surface area contributed by atoms with Gasteiger partial charge in [0.05, 0.1) is 17.9 Å². The van der Waals surface area contributed by atoms with Crippen LogP contribution in [0.4, 0.5) is 5.69 Å². The first-order chi connectivity index (χ1) is 7.25. The number of carbonyl (C=O) groups excluding carboxylic acids is 1. The summed E-state index contributed by atoms with van der Waals surface area (Å²) in [6, 6.07) is 3.72. The second-order valence-corrected chi connectivity index (χ2v) is 3.83. The van der Waals surface area contributed by atoms with Gasteiger partial charge in [0, 0.05) is 5.69 Å². The van der Waals surface area contributed by atoms with E-state index in [1.54, 1.807) is 6.20 Å². The maximum absolute atomic E-state index is 11.7. The minimum Gasteiger partial charge on any atom is -0.323 e. The van der Waals surface area contributed by atoms with E-state index in [1.165, 1.54) is 0 Å². The first-order valence-electron chi connectivity index (χ1n) is 5.22.